The Morgan fingerprint density at radius 2 is 0.750 bits per heavy atom. The fourth-order valence-electron chi connectivity index (χ4n) is 1.50. The molecule has 0 nitrogen and oxygen atoms in total. The lowest BCUT2D eigenvalue weighted by Gasteiger charge is -2.39. The molecule has 0 aliphatic carbocycles. The summed E-state index contributed by atoms with van der Waals surface area (Å²) in [4.78, 5) is 0. The minimum atomic E-state index is 0.437. The maximum Gasteiger partial charge on any atom is -0.0354 e. The zero-order valence-corrected chi connectivity index (χ0v) is 10.2. The van der Waals surface area contributed by atoms with Crippen LogP contribution in [0.15, 0.2) is 0 Å². The first-order valence-electron chi connectivity index (χ1n) is 5.07. The van der Waals surface area contributed by atoms with E-state index in [1.807, 2.05) is 0 Å². The summed E-state index contributed by atoms with van der Waals surface area (Å²) in [6.07, 6.45) is 0. The molecule has 0 radical (unpaired) electrons. The van der Waals surface area contributed by atoms with Crippen LogP contribution in [-0.2, 0) is 0 Å². The van der Waals surface area contributed by atoms with Crippen molar-refractivity contribution in [3.63, 3.8) is 0 Å². The quantitative estimate of drug-likeness (QED) is 0.549. The third-order valence-electron chi connectivity index (χ3n) is 3.48. The Morgan fingerprint density at radius 3 is 0.833 bits per heavy atom. The van der Waals surface area contributed by atoms with Crippen LogP contribution in [0.3, 0.4) is 0 Å². The zero-order chi connectivity index (χ0) is 10.2. The van der Waals surface area contributed by atoms with Gasteiger partial charge >= 0.3 is 0 Å². The molecule has 0 spiro atoms. The Labute approximate surface area is 78.8 Å². The van der Waals surface area contributed by atoms with E-state index in [0.717, 1.165) is 11.8 Å². The fourth-order valence-corrected chi connectivity index (χ4v) is 1.50. The van der Waals surface area contributed by atoms with Gasteiger partial charge in [0.1, 0.15) is 0 Å². The average Bonchev–Trinajstić information content (AvgIpc) is 1.80. The summed E-state index contributed by atoms with van der Waals surface area (Å²) in [5, 5.41) is 0. The van der Waals surface area contributed by atoms with Gasteiger partial charge in [-0.2, -0.15) is 0 Å². The molecular weight excluding hydrogens is 144 g/mol. The average molecular weight is 170 g/mol. The van der Waals surface area contributed by atoms with Crippen LogP contribution in [0, 0.1) is 22.7 Å². The summed E-state index contributed by atoms with van der Waals surface area (Å²) in [5.41, 5.74) is 0.874. The third-order valence-corrected chi connectivity index (χ3v) is 3.48. The Balaban J connectivity index is 4.41. The molecule has 0 aromatic heterocycles. The Bertz CT molecular complexity index is 113. The Kier molecular flexibility index (Phi) is 3.40. The first kappa shape index (κ1) is 12.0. The van der Waals surface area contributed by atoms with Gasteiger partial charge < -0.3 is 0 Å². The third kappa shape index (κ3) is 3.16. The summed E-state index contributed by atoms with van der Waals surface area (Å²) in [6, 6.07) is 0. The second-order valence-corrected chi connectivity index (χ2v) is 6.31. The molecule has 0 unspecified atom stereocenters. The first-order valence-corrected chi connectivity index (χ1v) is 5.07. The molecule has 0 aliphatic rings. The predicted octanol–water partition coefficient (Wildman–Crippen LogP) is 4.35. The lowest BCUT2D eigenvalue weighted by molar-refractivity contribution is 0.0992. The van der Waals surface area contributed by atoms with Gasteiger partial charge in [0.15, 0.2) is 0 Å². The van der Waals surface area contributed by atoms with Crippen molar-refractivity contribution in [2.75, 3.05) is 0 Å². The largest absolute Gasteiger partial charge is 0.0617 e. The van der Waals surface area contributed by atoms with E-state index in [0.29, 0.717) is 10.8 Å². The van der Waals surface area contributed by atoms with Crippen LogP contribution in [0.25, 0.3) is 0 Å². The smallest absolute Gasteiger partial charge is 0.0354 e. The van der Waals surface area contributed by atoms with Crippen LogP contribution in [0.1, 0.15) is 55.4 Å². The maximum atomic E-state index is 2.37. The van der Waals surface area contributed by atoms with E-state index in [1.165, 1.54) is 0 Å². The lowest BCUT2D eigenvalue weighted by atomic mass is 9.66. The van der Waals surface area contributed by atoms with Crippen molar-refractivity contribution in [3.8, 4) is 0 Å². The Hall–Kier alpha value is 0. The fraction of sp³-hybridized carbons (Fsp3) is 1.00. The topological polar surface area (TPSA) is 0 Å². The molecule has 2 atom stereocenters. The van der Waals surface area contributed by atoms with Crippen LogP contribution in [0.2, 0.25) is 0 Å². The summed E-state index contributed by atoms with van der Waals surface area (Å²) in [5.74, 6) is 1.55. The molecule has 0 saturated heterocycles. The Morgan fingerprint density at radius 1 is 0.583 bits per heavy atom. The van der Waals surface area contributed by atoms with Gasteiger partial charge in [-0.1, -0.05) is 55.4 Å². The highest BCUT2D eigenvalue weighted by Crippen LogP contribution is 2.40. The molecule has 0 amide bonds. The van der Waals surface area contributed by atoms with E-state index >= 15 is 0 Å². The van der Waals surface area contributed by atoms with E-state index in [2.05, 4.69) is 55.4 Å². The van der Waals surface area contributed by atoms with E-state index in [4.69, 9.17) is 0 Å². The van der Waals surface area contributed by atoms with Crippen LogP contribution in [-0.4, -0.2) is 0 Å². The maximum absolute atomic E-state index is 2.37. The second kappa shape index (κ2) is 3.40. The van der Waals surface area contributed by atoms with E-state index in [-0.39, 0.29) is 0 Å². The monoisotopic (exact) mass is 170 g/mol. The first-order chi connectivity index (χ1) is 5.07. The second-order valence-electron chi connectivity index (χ2n) is 6.31. The molecule has 0 bridgehead atoms. The van der Waals surface area contributed by atoms with Crippen LogP contribution >= 0.6 is 0 Å². The summed E-state index contributed by atoms with van der Waals surface area (Å²) >= 11 is 0. The van der Waals surface area contributed by atoms with Gasteiger partial charge in [-0.05, 0) is 22.7 Å². The van der Waals surface area contributed by atoms with Crippen molar-refractivity contribution in [2.45, 2.75) is 55.4 Å². The van der Waals surface area contributed by atoms with Gasteiger partial charge in [0.2, 0.25) is 0 Å². The van der Waals surface area contributed by atoms with E-state index in [9.17, 15) is 0 Å². The van der Waals surface area contributed by atoms with Gasteiger partial charge in [0, 0.05) is 0 Å². The molecule has 0 N–H and O–H groups in total. The van der Waals surface area contributed by atoms with Crippen molar-refractivity contribution in [3.05, 3.63) is 0 Å². The molecule has 74 valence electrons. The minimum absolute atomic E-state index is 0.437. The van der Waals surface area contributed by atoms with Gasteiger partial charge in [-0.3, -0.25) is 0 Å². The SMILES string of the molecule is C[C@H]([C@@H](C)C(C)(C)C)C(C)(C)C. The predicted molar refractivity (Wildman–Crippen MR) is 57.2 cm³/mol. The van der Waals surface area contributed by atoms with Crippen molar-refractivity contribution in [2.24, 2.45) is 22.7 Å². The molecule has 0 aromatic rings. The zero-order valence-electron chi connectivity index (χ0n) is 10.2. The van der Waals surface area contributed by atoms with E-state index in [1.54, 1.807) is 0 Å². The van der Waals surface area contributed by atoms with Gasteiger partial charge in [-0.15, -0.1) is 0 Å². The van der Waals surface area contributed by atoms with Gasteiger partial charge in [0.05, 0.1) is 0 Å². The summed E-state index contributed by atoms with van der Waals surface area (Å²) < 4.78 is 0. The van der Waals surface area contributed by atoms with Gasteiger partial charge in [0.25, 0.3) is 0 Å². The molecule has 0 saturated carbocycles. The number of rotatable bonds is 1. The van der Waals surface area contributed by atoms with Crippen molar-refractivity contribution < 1.29 is 0 Å². The van der Waals surface area contributed by atoms with Crippen LogP contribution in [0.4, 0.5) is 0 Å². The lowest BCUT2D eigenvalue weighted by Crippen LogP contribution is -2.32. The molecule has 0 aromatic carbocycles. The van der Waals surface area contributed by atoms with Crippen LogP contribution in [0.5, 0.6) is 0 Å². The normalized spacial score (nSPS) is 19.0. The molecule has 12 heavy (non-hydrogen) atoms. The van der Waals surface area contributed by atoms with Crippen molar-refractivity contribution in [1.29, 1.82) is 0 Å². The molecule has 0 rings (SSSR count). The number of hydrogen-bond donors (Lipinski definition) is 0. The minimum Gasteiger partial charge on any atom is -0.0617 e. The highest BCUT2D eigenvalue weighted by molar-refractivity contribution is 4.81. The summed E-state index contributed by atoms with van der Waals surface area (Å²) in [7, 11) is 0. The molecule has 0 fully saturated rings. The van der Waals surface area contributed by atoms with Gasteiger partial charge in [-0.25, -0.2) is 0 Å². The summed E-state index contributed by atoms with van der Waals surface area (Å²) in [6.45, 7) is 18.7. The highest BCUT2D eigenvalue weighted by Gasteiger charge is 2.32. The number of hydrogen-bond acceptors (Lipinski definition) is 0. The highest BCUT2D eigenvalue weighted by atomic mass is 14.4. The van der Waals surface area contributed by atoms with Crippen LogP contribution < -0.4 is 0 Å². The molecule has 0 heterocycles. The molecule has 0 heteroatoms. The van der Waals surface area contributed by atoms with E-state index < -0.39 is 0 Å². The molecular formula is C12H26. The standard InChI is InChI=1S/C12H26/c1-9(11(3,4)5)10(2)12(6,7)8/h9-10H,1-8H3/t9-,10-/m1/s1. The van der Waals surface area contributed by atoms with Crippen molar-refractivity contribution >= 4 is 0 Å². The van der Waals surface area contributed by atoms with Crippen molar-refractivity contribution in [1.82, 2.24) is 0 Å². The molecule has 0 aliphatic heterocycles.